The number of carbonyl (C=O) groups is 1. The van der Waals surface area contributed by atoms with Crippen LogP contribution >= 0.6 is 0 Å². The maximum absolute atomic E-state index is 12.5. The highest BCUT2D eigenvalue weighted by Crippen LogP contribution is 2.14. The molecular weight excluding hydrogens is 358 g/mol. The van der Waals surface area contributed by atoms with Gasteiger partial charge in [0.15, 0.2) is 12.4 Å². The summed E-state index contributed by atoms with van der Waals surface area (Å²) < 4.78 is 5.15. The molecule has 0 aliphatic rings. The highest BCUT2D eigenvalue weighted by atomic mass is 16.5. The monoisotopic (exact) mass is 386 g/mol. The molecule has 0 fully saturated rings. The van der Waals surface area contributed by atoms with E-state index in [0.717, 1.165) is 4.90 Å². The quantitative estimate of drug-likeness (QED) is 0.562. The van der Waals surface area contributed by atoms with Gasteiger partial charge in [0.1, 0.15) is 18.6 Å². The van der Waals surface area contributed by atoms with Crippen LogP contribution in [0, 0.1) is 17.2 Å². The number of benzene rings is 1. The molecule has 0 saturated heterocycles. The molecule has 0 bridgehead atoms. The van der Waals surface area contributed by atoms with E-state index in [2.05, 4.69) is 21.4 Å². The zero-order valence-electron chi connectivity index (χ0n) is 16.8. The van der Waals surface area contributed by atoms with Crippen molar-refractivity contribution in [1.82, 2.24) is 15.3 Å². The summed E-state index contributed by atoms with van der Waals surface area (Å²) in [5, 5.41) is 12.8. The molecule has 1 aromatic heterocycles. The fourth-order valence-corrected chi connectivity index (χ4v) is 2.80. The molecule has 2 aromatic rings. The molecule has 8 nitrogen and oxygen atoms in total. The molecule has 0 aliphatic heterocycles. The summed E-state index contributed by atoms with van der Waals surface area (Å²) in [5.41, 5.74) is -0.513. The summed E-state index contributed by atoms with van der Waals surface area (Å²) in [6.45, 7) is 7.02. The van der Waals surface area contributed by atoms with Gasteiger partial charge >= 0.3 is 0 Å². The van der Waals surface area contributed by atoms with E-state index in [4.69, 9.17) is 4.74 Å². The van der Waals surface area contributed by atoms with Crippen LogP contribution in [-0.4, -0.2) is 48.2 Å². The van der Waals surface area contributed by atoms with E-state index in [1.54, 1.807) is 32.2 Å². The van der Waals surface area contributed by atoms with Gasteiger partial charge in [-0.15, -0.1) is 0 Å². The summed E-state index contributed by atoms with van der Waals surface area (Å²) in [4.78, 5) is 33.0. The van der Waals surface area contributed by atoms with Crippen LogP contribution in [0.15, 0.2) is 29.1 Å². The van der Waals surface area contributed by atoms with Gasteiger partial charge in [0.25, 0.3) is 11.5 Å². The van der Waals surface area contributed by atoms with Crippen molar-refractivity contribution < 1.29 is 14.4 Å². The number of fused-ring (bicyclic) bond motifs is 1. The predicted octanol–water partition coefficient (Wildman–Crippen LogP) is 0.00888. The lowest BCUT2D eigenvalue weighted by molar-refractivity contribution is -0.907. The minimum Gasteiger partial charge on any atom is -0.379 e. The number of hydrogen-bond acceptors (Lipinski definition) is 5. The summed E-state index contributed by atoms with van der Waals surface area (Å²) in [6.07, 6.45) is 0. The molecule has 0 radical (unpaired) electrons. The molecule has 3 N–H and O–H groups in total. The Morgan fingerprint density at radius 1 is 1.43 bits per heavy atom. The number of hydrogen-bond donors (Lipinski definition) is 3. The molecule has 28 heavy (non-hydrogen) atoms. The molecule has 1 unspecified atom stereocenters. The summed E-state index contributed by atoms with van der Waals surface area (Å²) in [6, 6.07) is 9.31. The smallest absolute Gasteiger partial charge is 0.276 e. The first kappa shape index (κ1) is 21.5. The molecule has 150 valence electrons. The average Bonchev–Trinajstić information content (AvgIpc) is 2.65. The van der Waals surface area contributed by atoms with Crippen LogP contribution < -0.4 is 15.8 Å². The van der Waals surface area contributed by atoms with Crippen LogP contribution in [0.25, 0.3) is 10.9 Å². The van der Waals surface area contributed by atoms with E-state index in [1.165, 1.54) is 0 Å². The number of rotatable bonds is 9. The largest absolute Gasteiger partial charge is 0.379 e. The van der Waals surface area contributed by atoms with Gasteiger partial charge in [-0.05, 0) is 25.0 Å². The topological polar surface area (TPSA) is 112 Å². The Morgan fingerprint density at radius 2 is 2.14 bits per heavy atom. The maximum Gasteiger partial charge on any atom is 0.276 e. The highest BCUT2D eigenvalue weighted by molar-refractivity contribution is 5.78. The number of nitriles is 1. The maximum atomic E-state index is 12.5. The lowest BCUT2D eigenvalue weighted by Gasteiger charge is -2.28. The lowest BCUT2D eigenvalue weighted by atomic mass is 9.90. The molecule has 2 atom stereocenters. The van der Waals surface area contributed by atoms with E-state index >= 15 is 0 Å². The van der Waals surface area contributed by atoms with Gasteiger partial charge in [-0.1, -0.05) is 26.0 Å². The van der Waals surface area contributed by atoms with Crippen LogP contribution in [0.4, 0.5) is 0 Å². The fourth-order valence-electron chi connectivity index (χ4n) is 2.80. The molecule has 1 aromatic carbocycles. The van der Waals surface area contributed by atoms with E-state index in [1.807, 2.05) is 19.9 Å². The van der Waals surface area contributed by atoms with Crippen molar-refractivity contribution >= 4 is 16.8 Å². The third-order valence-electron chi connectivity index (χ3n) is 4.94. The molecule has 1 heterocycles. The van der Waals surface area contributed by atoms with Crippen LogP contribution in [-0.2, 0) is 16.1 Å². The minimum atomic E-state index is -0.932. The van der Waals surface area contributed by atoms with Crippen molar-refractivity contribution in [2.45, 2.75) is 32.9 Å². The van der Waals surface area contributed by atoms with Crippen molar-refractivity contribution in [2.75, 3.05) is 26.8 Å². The van der Waals surface area contributed by atoms with Gasteiger partial charge in [-0.2, -0.15) is 5.26 Å². The van der Waals surface area contributed by atoms with Crippen LogP contribution in [0.3, 0.4) is 0 Å². The second kappa shape index (κ2) is 9.44. The predicted molar refractivity (Wildman–Crippen MR) is 106 cm³/mol. The summed E-state index contributed by atoms with van der Waals surface area (Å²) in [5.74, 6) is 0.254. The van der Waals surface area contributed by atoms with Crippen molar-refractivity contribution in [3.05, 3.63) is 40.4 Å². The van der Waals surface area contributed by atoms with E-state index in [0.29, 0.717) is 36.4 Å². The number of aromatic amines is 1. The number of para-hydroxylation sites is 1. The molecular formula is C20H28N5O3+. The van der Waals surface area contributed by atoms with Crippen molar-refractivity contribution in [3.63, 3.8) is 0 Å². The molecule has 0 spiro atoms. The Labute approximate surface area is 164 Å². The second-order valence-corrected chi connectivity index (χ2v) is 7.39. The molecule has 2 rings (SSSR count). The Hall–Kier alpha value is -2.76. The first-order valence-electron chi connectivity index (χ1n) is 9.31. The van der Waals surface area contributed by atoms with Gasteiger partial charge in [-0.25, -0.2) is 4.98 Å². The third-order valence-corrected chi connectivity index (χ3v) is 4.94. The van der Waals surface area contributed by atoms with Gasteiger partial charge in [0.2, 0.25) is 0 Å². The Kier molecular flexibility index (Phi) is 7.26. The van der Waals surface area contributed by atoms with Gasteiger partial charge < -0.3 is 19.9 Å². The van der Waals surface area contributed by atoms with Crippen LogP contribution in [0.2, 0.25) is 0 Å². The first-order valence-corrected chi connectivity index (χ1v) is 9.31. The third kappa shape index (κ3) is 5.38. The number of amides is 1. The van der Waals surface area contributed by atoms with Crippen LogP contribution in [0.5, 0.6) is 0 Å². The van der Waals surface area contributed by atoms with Crippen LogP contribution in [0.1, 0.15) is 26.6 Å². The molecule has 0 saturated carbocycles. The number of nitrogens with zero attached hydrogens (tertiary/aromatic N) is 2. The molecule has 0 aliphatic carbocycles. The lowest BCUT2D eigenvalue weighted by Crippen LogP contribution is -3.12. The zero-order chi connectivity index (χ0) is 20.7. The number of nitrogens with one attached hydrogen (secondary N) is 3. The van der Waals surface area contributed by atoms with E-state index in [-0.39, 0.29) is 23.9 Å². The average molecular weight is 386 g/mol. The Balaban J connectivity index is 2.17. The Bertz CT molecular complexity index is 918. The number of H-pyrrole nitrogens is 1. The van der Waals surface area contributed by atoms with Gasteiger partial charge in [0, 0.05) is 7.11 Å². The van der Waals surface area contributed by atoms with Gasteiger partial charge in [0.05, 0.1) is 23.6 Å². The standard InChI is InChI=1S/C20H27N5O3/c1-14(2)20(3,13-21)24-18(26)12-25(9-10-28-4)11-17-22-16-8-6-5-7-15(16)19(27)23-17/h5-8,14H,9-12H2,1-4H3,(H,24,26)(H,22,23,27)/p+1/t20-/m1/s1. The van der Waals surface area contributed by atoms with E-state index < -0.39 is 5.54 Å². The van der Waals surface area contributed by atoms with Crippen molar-refractivity contribution in [2.24, 2.45) is 5.92 Å². The number of carbonyl (C=O) groups excluding carboxylic acids is 1. The second-order valence-electron chi connectivity index (χ2n) is 7.39. The zero-order valence-corrected chi connectivity index (χ0v) is 16.8. The minimum absolute atomic E-state index is 0.0256. The SMILES string of the molecule is COCC[NH+](CC(=O)N[C@](C)(C#N)C(C)C)Cc1nc2ccccc2c(=O)[nH]1. The van der Waals surface area contributed by atoms with Crippen molar-refractivity contribution in [1.29, 1.82) is 5.26 Å². The normalized spacial score (nSPS) is 14.4. The summed E-state index contributed by atoms with van der Waals surface area (Å²) in [7, 11) is 1.60. The number of quaternary nitrogens is 1. The highest BCUT2D eigenvalue weighted by Gasteiger charge is 2.31. The molecule has 1 amide bonds. The van der Waals surface area contributed by atoms with Gasteiger partial charge in [-0.3, -0.25) is 9.59 Å². The first-order chi connectivity index (χ1) is 13.3. The number of ether oxygens (including phenoxy) is 1. The Morgan fingerprint density at radius 3 is 2.79 bits per heavy atom. The molecule has 8 heteroatoms. The van der Waals surface area contributed by atoms with Crippen molar-refractivity contribution in [3.8, 4) is 6.07 Å². The van der Waals surface area contributed by atoms with E-state index in [9.17, 15) is 14.9 Å². The fraction of sp³-hybridized carbons (Fsp3) is 0.500. The summed E-state index contributed by atoms with van der Waals surface area (Å²) >= 11 is 0. The number of aromatic nitrogens is 2. The number of methoxy groups -OCH3 is 1.